The highest BCUT2D eigenvalue weighted by atomic mass is 19.1. The molecule has 0 aliphatic rings. The van der Waals surface area contributed by atoms with E-state index in [9.17, 15) is 4.79 Å². The van der Waals surface area contributed by atoms with Crippen LogP contribution in [-0.4, -0.2) is 17.3 Å². The molecule has 0 aliphatic heterocycles. The Bertz CT molecular complexity index is 1160. The third kappa shape index (κ3) is 4.95. The Morgan fingerprint density at radius 3 is 2.32 bits per heavy atom. The number of nitrogens with one attached hydrogen (secondary N) is 1. The summed E-state index contributed by atoms with van der Waals surface area (Å²) in [6, 6.07) is 19.9. The number of hydrogen-bond donors (Lipinski definition) is 3. The number of halogens is 1. The van der Waals surface area contributed by atoms with Crippen molar-refractivity contribution in [2.24, 2.45) is 0 Å². The van der Waals surface area contributed by atoms with Gasteiger partial charge in [-0.25, -0.2) is 9.18 Å². The second-order valence-electron chi connectivity index (χ2n) is 6.97. The molecule has 0 aromatic heterocycles. The highest BCUT2D eigenvalue weighted by molar-refractivity contribution is 6.00. The molecule has 3 rings (SSSR count). The van der Waals surface area contributed by atoms with Gasteiger partial charge in [-0.1, -0.05) is 61.5 Å². The van der Waals surface area contributed by atoms with Crippen LogP contribution in [0.25, 0.3) is 17.2 Å². The van der Waals surface area contributed by atoms with Gasteiger partial charge in [-0.2, -0.15) is 0 Å². The van der Waals surface area contributed by atoms with Gasteiger partial charge in [0.05, 0.1) is 0 Å². The number of nitrogen functional groups attached to an aromatic ring is 1. The van der Waals surface area contributed by atoms with Crippen LogP contribution in [0.1, 0.15) is 41.2 Å². The molecule has 5 heteroatoms. The maximum atomic E-state index is 15.1. The van der Waals surface area contributed by atoms with Crippen molar-refractivity contribution in [1.82, 2.24) is 0 Å². The minimum absolute atomic E-state index is 0.211. The van der Waals surface area contributed by atoms with E-state index in [1.165, 1.54) is 12.1 Å². The molecule has 0 aliphatic carbocycles. The molecule has 3 aromatic carbocycles. The van der Waals surface area contributed by atoms with E-state index in [0.29, 0.717) is 23.1 Å². The summed E-state index contributed by atoms with van der Waals surface area (Å²) in [5.41, 5.74) is 11.0. The lowest BCUT2D eigenvalue weighted by Gasteiger charge is -2.18. The van der Waals surface area contributed by atoms with Crippen LogP contribution in [0.4, 0.5) is 10.1 Å². The van der Waals surface area contributed by atoms with E-state index in [0.717, 1.165) is 34.6 Å². The van der Waals surface area contributed by atoms with Crippen LogP contribution in [0.3, 0.4) is 0 Å². The van der Waals surface area contributed by atoms with E-state index in [1.54, 1.807) is 18.2 Å². The Morgan fingerprint density at radius 1 is 1.06 bits per heavy atom. The van der Waals surface area contributed by atoms with Crippen molar-refractivity contribution in [3.05, 3.63) is 106 Å². The van der Waals surface area contributed by atoms with E-state index < -0.39 is 11.8 Å². The van der Waals surface area contributed by atoms with Crippen LogP contribution in [-0.2, 0) is 4.79 Å². The zero-order valence-electron chi connectivity index (χ0n) is 17.1. The average molecular weight is 414 g/mol. The molecule has 156 valence electrons. The molecule has 0 heterocycles. The zero-order valence-corrected chi connectivity index (χ0v) is 17.1. The topological polar surface area (TPSA) is 87.2 Å². The molecule has 0 atom stereocenters. The standard InChI is InChI=1S/C26H23FN2O2/c1-2-21(18-6-4-3-5-7-18)26(22-14-20(16-28)24(29)15-23(22)27)19-11-8-17(9-12-19)10-13-25(30)31/h3-16,28H,2,29H2,1H3,(H,30,31)/b13-10+,26-21+,28-16?. The molecule has 0 fully saturated rings. The largest absolute Gasteiger partial charge is 0.478 e. The van der Waals surface area contributed by atoms with Crippen molar-refractivity contribution in [1.29, 1.82) is 5.41 Å². The van der Waals surface area contributed by atoms with Crippen molar-refractivity contribution in [3.63, 3.8) is 0 Å². The summed E-state index contributed by atoms with van der Waals surface area (Å²) in [4.78, 5) is 10.8. The molecule has 0 bridgehead atoms. The predicted molar refractivity (Wildman–Crippen MR) is 124 cm³/mol. The molecule has 31 heavy (non-hydrogen) atoms. The molecule has 0 unspecified atom stereocenters. The molecule has 4 nitrogen and oxygen atoms in total. The Morgan fingerprint density at radius 2 is 1.74 bits per heavy atom. The maximum Gasteiger partial charge on any atom is 0.328 e. The third-order valence-corrected chi connectivity index (χ3v) is 4.99. The summed E-state index contributed by atoms with van der Waals surface area (Å²) >= 11 is 0. The molecule has 3 aromatic rings. The fourth-order valence-electron chi connectivity index (χ4n) is 3.51. The molecule has 0 radical (unpaired) electrons. The summed E-state index contributed by atoms with van der Waals surface area (Å²) in [6.45, 7) is 2.01. The number of carboxylic acid groups (broad SMARTS) is 1. The van der Waals surface area contributed by atoms with Gasteiger partial charge < -0.3 is 16.2 Å². The van der Waals surface area contributed by atoms with E-state index in [4.69, 9.17) is 16.2 Å². The van der Waals surface area contributed by atoms with E-state index in [1.807, 2.05) is 49.4 Å². The number of rotatable bonds is 7. The number of aliphatic carboxylic acids is 1. The summed E-state index contributed by atoms with van der Waals surface area (Å²) in [5.74, 6) is -1.49. The minimum Gasteiger partial charge on any atom is -0.478 e. The molecule has 0 spiro atoms. The van der Waals surface area contributed by atoms with Gasteiger partial charge in [0.15, 0.2) is 0 Å². The number of benzene rings is 3. The van der Waals surface area contributed by atoms with Gasteiger partial charge >= 0.3 is 5.97 Å². The molecule has 0 amide bonds. The zero-order chi connectivity index (χ0) is 22.4. The van der Waals surface area contributed by atoms with Crippen LogP contribution in [0, 0.1) is 11.2 Å². The Labute approximate surface area is 180 Å². The Kier molecular flexibility index (Phi) is 6.78. The van der Waals surface area contributed by atoms with Gasteiger partial charge in [0, 0.05) is 29.1 Å². The molecule has 4 N–H and O–H groups in total. The first-order chi connectivity index (χ1) is 14.9. The average Bonchev–Trinajstić information content (AvgIpc) is 2.78. The van der Waals surface area contributed by atoms with E-state index in [2.05, 4.69) is 0 Å². The summed E-state index contributed by atoms with van der Waals surface area (Å²) in [7, 11) is 0. The number of carbonyl (C=O) groups is 1. The van der Waals surface area contributed by atoms with E-state index >= 15 is 4.39 Å². The van der Waals surface area contributed by atoms with Gasteiger partial charge in [-0.3, -0.25) is 0 Å². The first kappa shape index (κ1) is 21.7. The van der Waals surface area contributed by atoms with Gasteiger partial charge in [0.25, 0.3) is 0 Å². The van der Waals surface area contributed by atoms with Crippen molar-refractivity contribution < 1.29 is 14.3 Å². The number of anilines is 1. The highest BCUT2D eigenvalue weighted by Crippen LogP contribution is 2.36. The molecule has 0 saturated carbocycles. The third-order valence-electron chi connectivity index (χ3n) is 4.99. The van der Waals surface area contributed by atoms with Gasteiger partial charge in [0.2, 0.25) is 0 Å². The fraction of sp³-hybridized carbons (Fsp3) is 0.0769. The van der Waals surface area contributed by atoms with E-state index in [-0.39, 0.29) is 5.69 Å². The predicted octanol–water partition coefficient (Wildman–Crippen LogP) is 5.87. The van der Waals surface area contributed by atoms with Crippen molar-refractivity contribution in [2.45, 2.75) is 13.3 Å². The number of nitrogens with two attached hydrogens (primary N) is 1. The van der Waals surface area contributed by atoms with Crippen LogP contribution in [0.15, 0.2) is 72.8 Å². The highest BCUT2D eigenvalue weighted by Gasteiger charge is 2.18. The van der Waals surface area contributed by atoms with Crippen LogP contribution in [0.2, 0.25) is 0 Å². The van der Waals surface area contributed by atoms with Crippen LogP contribution >= 0.6 is 0 Å². The Hall–Kier alpha value is -3.99. The summed E-state index contributed by atoms with van der Waals surface area (Å²) < 4.78 is 15.1. The lowest BCUT2D eigenvalue weighted by Crippen LogP contribution is -2.02. The summed E-state index contributed by atoms with van der Waals surface area (Å²) in [5, 5.41) is 16.5. The van der Waals surface area contributed by atoms with Gasteiger partial charge in [0.1, 0.15) is 5.82 Å². The lowest BCUT2D eigenvalue weighted by atomic mass is 9.87. The number of allylic oxidation sites excluding steroid dienone is 1. The second-order valence-corrected chi connectivity index (χ2v) is 6.97. The molecular formula is C26H23FN2O2. The van der Waals surface area contributed by atoms with Crippen molar-refractivity contribution >= 4 is 35.1 Å². The number of hydrogen-bond acceptors (Lipinski definition) is 3. The quantitative estimate of drug-likeness (QED) is 0.195. The minimum atomic E-state index is -1.02. The smallest absolute Gasteiger partial charge is 0.328 e. The van der Waals surface area contributed by atoms with Crippen LogP contribution in [0.5, 0.6) is 0 Å². The SMILES string of the molecule is CC/C(=C(/c1ccc(/C=C/C(=O)O)cc1)c1cc(C=N)c(N)cc1F)c1ccccc1. The second kappa shape index (κ2) is 9.67. The van der Waals surface area contributed by atoms with Crippen molar-refractivity contribution in [3.8, 4) is 0 Å². The van der Waals surface area contributed by atoms with Gasteiger partial charge in [-0.15, -0.1) is 0 Å². The number of carboxylic acids is 1. The maximum absolute atomic E-state index is 15.1. The first-order valence-corrected chi connectivity index (χ1v) is 9.84. The lowest BCUT2D eigenvalue weighted by molar-refractivity contribution is -0.131. The van der Waals surface area contributed by atoms with Gasteiger partial charge in [-0.05, 0) is 52.5 Å². The fourth-order valence-corrected chi connectivity index (χ4v) is 3.51. The first-order valence-electron chi connectivity index (χ1n) is 9.84. The Balaban J connectivity index is 2.27. The molecule has 0 saturated heterocycles. The monoisotopic (exact) mass is 414 g/mol. The molecular weight excluding hydrogens is 391 g/mol. The van der Waals surface area contributed by atoms with Crippen molar-refractivity contribution in [2.75, 3.05) is 5.73 Å². The van der Waals surface area contributed by atoms with Crippen LogP contribution < -0.4 is 5.73 Å². The summed E-state index contributed by atoms with van der Waals surface area (Å²) in [6.07, 6.45) is 4.35. The normalized spacial score (nSPS) is 11.9.